The highest BCUT2D eigenvalue weighted by Gasteiger charge is 2.37. The lowest BCUT2D eigenvalue weighted by Crippen LogP contribution is -2.39. The zero-order valence-corrected chi connectivity index (χ0v) is 15.4. The second kappa shape index (κ2) is 6.56. The molecule has 0 radical (unpaired) electrons. The molecule has 0 N–H and O–H groups in total. The summed E-state index contributed by atoms with van der Waals surface area (Å²) in [5, 5.41) is 0. The molecule has 0 aliphatic heterocycles. The van der Waals surface area contributed by atoms with Crippen LogP contribution in [0.15, 0.2) is 65.7 Å². The van der Waals surface area contributed by atoms with Gasteiger partial charge in [-0.3, -0.25) is 9.36 Å². The number of aromatic nitrogens is 2. The molecule has 3 aromatic rings. The quantitative estimate of drug-likeness (QED) is 0.704. The number of rotatable bonds is 4. The van der Waals surface area contributed by atoms with Crippen LogP contribution in [0.25, 0.3) is 11.3 Å². The van der Waals surface area contributed by atoms with Gasteiger partial charge < -0.3 is 0 Å². The van der Waals surface area contributed by atoms with Gasteiger partial charge in [0.25, 0.3) is 5.56 Å². The largest absolute Gasteiger partial charge is 0.299 e. The molecular weight excluding hydrogens is 320 g/mol. The molecule has 1 unspecified atom stereocenters. The van der Waals surface area contributed by atoms with Gasteiger partial charge in [0.15, 0.2) is 0 Å². The van der Waals surface area contributed by atoms with E-state index in [-0.39, 0.29) is 11.0 Å². The molecule has 0 saturated heterocycles. The summed E-state index contributed by atoms with van der Waals surface area (Å²) in [6.07, 6.45) is 4.38. The van der Waals surface area contributed by atoms with Gasteiger partial charge in [-0.2, -0.15) is 0 Å². The van der Waals surface area contributed by atoms with Crippen molar-refractivity contribution in [2.75, 3.05) is 0 Å². The van der Waals surface area contributed by atoms with Gasteiger partial charge in [-0.25, -0.2) is 4.98 Å². The van der Waals surface area contributed by atoms with Crippen molar-refractivity contribution in [3.63, 3.8) is 0 Å². The first-order valence-corrected chi connectivity index (χ1v) is 9.34. The first-order valence-electron chi connectivity index (χ1n) is 9.34. The van der Waals surface area contributed by atoms with Gasteiger partial charge in [0.1, 0.15) is 0 Å². The van der Waals surface area contributed by atoms with E-state index < -0.39 is 0 Å². The first-order chi connectivity index (χ1) is 12.6. The zero-order valence-electron chi connectivity index (χ0n) is 15.4. The maximum Gasteiger partial charge on any atom is 0.257 e. The number of hydrogen-bond acceptors (Lipinski definition) is 2. The van der Waals surface area contributed by atoms with E-state index in [1.807, 2.05) is 24.3 Å². The number of aryl methyl sites for hydroxylation is 2. The molecule has 1 atom stereocenters. The Bertz CT molecular complexity index is 991. The highest BCUT2D eigenvalue weighted by atomic mass is 16.1. The molecule has 0 saturated carbocycles. The average Bonchev–Trinajstić information content (AvgIpc) is 2.68. The van der Waals surface area contributed by atoms with Gasteiger partial charge in [-0.1, -0.05) is 68.4 Å². The third-order valence-corrected chi connectivity index (χ3v) is 5.76. The van der Waals surface area contributed by atoms with Crippen LogP contribution in [0.3, 0.4) is 0 Å². The summed E-state index contributed by atoms with van der Waals surface area (Å²) in [4.78, 5) is 18.1. The Morgan fingerprint density at radius 2 is 1.81 bits per heavy atom. The van der Waals surface area contributed by atoms with Crippen molar-refractivity contribution in [3.05, 3.63) is 88.0 Å². The minimum atomic E-state index is -0.163. The third-order valence-electron chi connectivity index (χ3n) is 5.76. The normalized spacial score (nSPS) is 18.2. The Balaban J connectivity index is 1.78. The van der Waals surface area contributed by atoms with Crippen molar-refractivity contribution in [1.29, 1.82) is 0 Å². The van der Waals surface area contributed by atoms with Crippen LogP contribution in [0.1, 0.15) is 37.0 Å². The smallest absolute Gasteiger partial charge is 0.257 e. The molecule has 1 heterocycles. The molecule has 2 aromatic carbocycles. The number of fused-ring (bicyclic) bond motifs is 3. The predicted octanol–water partition coefficient (Wildman–Crippen LogP) is 4.38. The van der Waals surface area contributed by atoms with Crippen molar-refractivity contribution in [1.82, 2.24) is 9.55 Å². The lowest BCUT2D eigenvalue weighted by Gasteiger charge is -2.35. The van der Waals surface area contributed by atoms with E-state index in [1.54, 1.807) is 10.9 Å². The van der Waals surface area contributed by atoms with Crippen molar-refractivity contribution in [3.8, 4) is 11.3 Å². The van der Waals surface area contributed by atoms with Crippen molar-refractivity contribution >= 4 is 0 Å². The van der Waals surface area contributed by atoms with Crippen LogP contribution in [0, 0.1) is 0 Å². The predicted molar refractivity (Wildman–Crippen MR) is 105 cm³/mol. The van der Waals surface area contributed by atoms with Gasteiger partial charge in [0.05, 0.1) is 17.6 Å². The van der Waals surface area contributed by atoms with E-state index in [1.165, 1.54) is 11.1 Å². The highest BCUT2D eigenvalue weighted by Crippen LogP contribution is 2.41. The van der Waals surface area contributed by atoms with E-state index in [0.717, 1.165) is 36.1 Å². The van der Waals surface area contributed by atoms with Crippen LogP contribution in [-0.4, -0.2) is 9.55 Å². The summed E-state index contributed by atoms with van der Waals surface area (Å²) in [5.74, 6) is 0. The van der Waals surface area contributed by atoms with E-state index in [4.69, 9.17) is 4.98 Å². The Kier molecular flexibility index (Phi) is 4.23. The Morgan fingerprint density at radius 1 is 1.08 bits per heavy atom. The number of hydrogen-bond donors (Lipinski definition) is 0. The van der Waals surface area contributed by atoms with E-state index in [9.17, 15) is 4.79 Å². The van der Waals surface area contributed by atoms with Crippen LogP contribution < -0.4 is 5.56 Å². The molecule has 1 aromatic heterocycles. The van der Waals surface area contributed by atoms with E-state index in [0.29, 0.717) is 6.54 Å². The maximum absolute atomic E-state index is 13.3. The highest BCUT2D eigenvalue weighted by molar-refractivity contribution is 5.71. The second-order valence-corrected chi connectivity index (χ2v) is 7.45. The Morgan fingerprint density at radius 3 is 2.58 bits per heavy atom. The fourth-order valence-corrected chi connectivity index (χ4v) is 4.01. The minimum absolute atomic E-state index is 0.116. The second-order valence-electron chi connectivity index (χ2n) is 7.45. The molecule has 132 valence electrons. The molecule has 3 nitrogen and oxygen atoms in total. The van der Waals surface area contributed by atoms with Gasteiger partial charge in [-0.05, 0) is 30.4 Å². The van der Waals surface area contributed by atoms with Crippen molar-refractivity contribution in [2.24, 2.45) is 0 Å². The van der Waals surface area contributed by atoms with Crippen LogP contribution in [-0.2, 0) is 24.8 Å². The summed E-state index contributed by atoms with van der Waals surface area (Å²) < 4.78 is 1.79. The van der Waals surface area contributed by atoms with Gasteiger partial charge in [-0.15, -0.1) is 0 Å². The molecule has 4 rings (SSSR count). The molecule has 0 amide bonds. The summed E-state index contributed by atoms with van der Waals surface area (Å²) in [6, 6.07) is 18.6. The third kappa shape index (κ3) is 2.78. The van der Waals surface area contributed by atoms with Crippen LogP contribution in [0.2, 0.25) is 0 Å². The van der Waals surface area contributed by atoms with Crippen molar-refractivity contribution in [2.45, 2.75) is 45.1 Å². The summed E-state index contributed by atoms with van der Waals surface area (Å²) >= 11 is 0. The fourth-order valence-electron chi connectivity index (χ4n) is 4.01. The molecule has 0 spiro atoms. The molecule has 1 aliphatic rings. The lowest BCUT2D eigenvalue weighted by atomic mass is 9.69. The monoisotopic (exact) mass is 344 g/mol. The van der Waals surface area contributed by atoms with Gasteiger partial charge in [0.2, 0.25) is 0 Å². The van der Waals surface area contributed by atoms with Gasteiger partial charge in [0, 0.05) is 17.5 Å². The van der Waals surface area contributed by atoms with E-state index in [2.05, 4.69) is 44.2 Å². The maximum atomic E-state index is 13.3. The topological polar surface area (TPSA) is 34.9 Å². The number of nitrogens with zero attached hydrogens (tertiary/aromatic N) is 2. The average molecular weight is 344 g/mol. The van der Waals surface area contributed by atoms with Crippen molar-refractivity contribution < 1.29 is 0 Å². The van der Waals surface area contributed by atoms with Crippen LogP contribution >= 0.6 is 0 Å². The standard InChI is InChI=1S/C23H24N2O/c1-3-23(2)15-18-11-7-8-12-19(18)21-20(23)22(26)25(16-24-21)14-13-17-9-5-4-6-10-17/h4-12,16H,3,13-15H2,1-2H3. The molecule has 26 heavy (non-hydrogen) atoms. The molecule has 0 bridgehead atoms. The fraction of sp³-hybridized carbons (Fsp3) is 0.304. The first kappa shape index (κ1) is 16.8. The molecule has 3 heteroatoms. The molecular formula is C23H24N2O. The molecule has 1 aliphatic carbocycles. The lowest BCUT2D eigenvalue weighted by molar-refractivity contribution is 0.433. The number of benzene rings is 2. The Labute approximate surface area is 154 Å². The van der Waals surface area contributed by atoms with E-state index >= 15 is 0 Å². The van der Waals surface area contributed by atoms with Gasteiger partial charge >= 0.3 is 0 Å². The minimum Gasteiger partial charge on any atom is -0.299 e. The SMILES string of the molecule is CCC1(C)Cc2ccccc2-c2ncn(CCc3ccccc3)c(=O)c21. The summed E-state index contributed by atoms with van der Waals surface area (Å²) in [7, 11) is 0. The zero-order chi connectivity index (χ0) is 18.1. The molecule has 0 fully saturated rings. The summed E-state index contributed by atoms with van der Waals surface area (Å²) in [6.45, 7) is 5.02. The Hall–Kier alpha value is -2.68. The van der Waals surface area contributed by atoms with Crippen LogP contribution in [0.5, 0.6) is 0 Å². The summed E-state index contributed by atoms with van der Waals surface area (Å²) in [5.41, 5.74) is 5.35. The van der Waals surface area contributed by atoms with Crippen LogP contribution in [0.4, 0.5) is 0 Å².